The first-order valence-electron chi connectivity index (χ1n) is 9.84. The highest BCUT2D eigenvalue weighted by atomic mass is 35.5. The van der Waals surface area contributed by atoms with Crippen LogP contribution in [0, 0.1) is 0 Å². The number of anilines is 1. The second kappa shape index (κ2) is 7.78. The van der Waals surface area contributed by atoms with Crippen molar-refractivity contribution >= 4 is 45.8 Å². The van der Waals surface area contributed by atoms with Crippen LogP contribution in [-0.4, -0.2) is 22.0 Å². The minimum Gasteiger partial charge on any atom is -0.323 e. The Morgan fingerprint density at radius 2 is 1.73 bits per heavy atom. The highest BCUT2D eigenvalue weighted by Gasteiger charge is 2.34. The number of benzene rings is 3. The van der Waals surface area contributed by atoms with Gasteiger partial charge in [0.2, 0.25) is 5.91 Å². The highest BCUT2D eigenvalue weighted by Crippen LogP contribution is 2.34. The topological polar surface area (TPSA) is 38.1 Å². The summed E-state index contributed by atoms with van der Waals surface area (Å²) in [6, 6.07) is 23.3. The molecule has 4 nitrogen and oxygen atoms in total. The SMILES string of the molecule is O=C1C[C@H](c2nc3ccccc3n2Cc2cccc(Cl)c2)CN1c1ccc(Cl)cc1. The van der Waals surface area contributed by atoms with E-state index < -0.39 is 0 Å². The van der Waals surface area contributed by atoms with Gasteiger partial charge in [0.25, 0.3) is 0 Å². The lowest BCUT2D eigenvalue weighted by Gasteiger charge is -2.17. The fourth-order valence-electron chi connectivity index (χ4n) is 4.14. The molecule has 0 radical (unpaired) electrons. The molecule has 1 aliphatic rings. The van der Waals surface area contributed by atoms with Crippen LogP contribution in [-0.2, 0) is 11.3 Å². The number of carbonyl (C=O) groups excluding carboxylic acids is 1. The van der Waals surface area contributed by atoms with E-state index >= 15 is 0 Å². The van der Waals surface area contributed by atoms with Crippen molar-refractivity contribution in [3.63, 3.8) is 0 Å². The van der Waals surface area contributed by atoms with Crippen LogP contribution in [0.2, 0.25) is 10.0 Å². The zero-order chi connectivity index (χ0) is 20.7. The van der Waals surface area contributed by atoms with E-state index in [-0.39, 0.29) is 11.8 Å². The third kappa shape index (κ3) is 3.57. The van der Waals surface area contributed by atoms with Crippen molar-refractivity contribution in [1.82, 2.24) is 9.55 Å². The minimum absolute atomic E-state index is 0.0137. The fourth-order valence-corrected chi connectivity index (χ4v) is 4.48. The van der Waals surface area contributed by atoms with Crippen molar-refractivity contribution in [3.8, 4) is 0 Å². The summed E-state index contributed by atoms with van der Waals surface area (Å²) < 4.78 is 2.21. The number of hydrogen-bond donors (Lipinski definition) is 0. The molecule has 2 heterocycles. The maximum Gasteiger partial charge on any atom is 0.227 e. The van der Waals surface area contributed by atoms with Crippen molar-refractivity contribution < 1.29 is 4.79 Å². The van der Waals surface area contributed by atoms with Gasteiger partial charge in [-0.05, 0) is 54.1 Å². The molecule has 0 spiro atoms. The number of nitrogens with zero attached hydrogens (tertiary/aromatic N) is 3. The molecule has 0 saturated carbocycles. The minimum atomic E-state index is 0.0137. The zero-order valence-corrected chi connectivity index (χ0v) is 17.6. The maximum atomic E-state index is 12.8. The van der Waals surface area contributed by atoms with Crippen LogP contribution in [0.3, 0.4) is 0 Å². The fraction of sp³-hybridized carbons (Fsp3) is 0.167. The van der Waals surface area contributed by atoms with E-state index in [0.717, 1.165) is 28.1 Å². The number of aromatic nitrogens is 2. The second-order valence-corrected chi connectivity index (χ2v) is 8.43. The molecule has 0 unspecified atom stereocenters. The molecule has 0 aliphatic carbocycles. The molecule has 0 bridgehead atoms. The van der Waals surface area contributed by atoms with Gasteiger partial charge in [0.05, 0.1) is 11.0 Å². The Labute approximate surface area is 184 Å². The van der Waals surface area contributed by atoms with Crippen molar-refractivity contribution in [2.75, 3.05) is 11.4 Å². The summed E-state index contributed by atoms with van der Waals surface area (Å²) in [6.45, 7) is 1.25. The molecular formula is C24H19Cl2N3O. The summed E-state index contributed by atoms with van der Waals surface area (Å²) in [5, 5.41) is 1.37. The van der Waals surface area contributed by atoms with Crippen LogP contribution in [0.5, 0.6) is 0 Å². The summed E-state index contributed by atoms with van der Waals surface area (Å²) in [4.78, 5) is 19.6. The Hall–Kier alpha value is -2.82. The van der Waals surface area contributed by atoms with E-state index in [1.54, 1.807) is 0 Å². The van der Waals surface area contributed by atoms with Gasteiger partial charge in [0.1, 0.15) is 5.82 Å². The van der Waals surface area contributed by atoms with Gasteiger partial charge in [-0.15, -0.1) is 0 Å². The second-order valence-electron chi connectivity index (χ2n) is 7.56. The summed E-state index contributed by atoms with van der Waals surface area (Å²) >= 11 is 12.2. The molecule has 1 saturated heterocycles. The van der Waals surface area contributed by atoms with E-state index in [4.69, 9.17) is 28.2 Å². The lowest BCUT2D eigenvalue weighted by atomic mass is 10.1. The van der Waals surface area contributed by atoms with Gasteiger partial charge in [0.15, 0.2) is 0 Å². The first kappa shape index (κ1) is 19.2. The molecule has 150 valence electrons. The largest absolute Gasteiger partial charge is 0.323 e. The standard InChI is InChI=1S/C24H19Cl2N3O/c25-18-8-10-20(11-9-18)28-15-17(13-23(28)30)24-27-21-6-1-2-7-22(21)29(24)14-16-4-3-5-19(26)12-16/h1-12,17H,13-15H2/t17-/m0/s1. The Morgan fingerprint density at radius 1 is 0.933 bits per heavy atom. The van der Waals surface area contributed by atoms with Gasteiger partial charge in [-0.1, -0.05) is 47.5 Å². The Morgan fingerprint density at radius 3 is 2.53 bits per heavy atom. The number of para-hydroxylation sites is 2. The lowest BCUT2D eigenvalue weighted by molar-refractivity contribution is -0.117. The number of amides is 1. The first-order valence-corrected chi connectivity index (χ1v) is 10.6. The molecular weight excluding hydrogens is 417 g/mol. The summed E-state index contributed by atoms with van der Waals surface area (Å²) in [5.74, 6) is 1.05. The first-order chi connectivity index (χ1) is 14.6. The van der Waals surface area contributed by atoms with Crippen LogP contribution < -0.4 is 4.90 Å². The average Bonchev–Trinajstić information content (AvgIpc) is 3.30. The number of hydrogen-bond acceptors (Lipinski definition) is 2. The third-order valence-corrected chi connectivity index (χ3v) is 6.03. The third-order valence-electron chi connectivity index (χ3n) is 5.54. The van der Waals surface area contributed by atoms with Crippen molar-refractivity contribution in [2.45, 2.75) is 18.9 Å². The lowest BCUT2D eigenvalue weighted by Crippen LogP contribution is -2.24. The molecule has 5 rings (SSSR count). The van der Waals surface area contributed by atoms with Gasteiger partial charge < -0.3 is 9.47 Å². The molecule has 0 N–H and O–H groups in total. The Kier molecular flexibility index (Phi) is 4.97. The van der Waals surface area contributed by atoms with Crippen molar-refractivity contribution in [2.24, 2.45) is 0 Å². The van der Waals surface area contributed by atoms with Crippen molar-refractivity contribution in [1.29, 1.82) is 0 Å². The molecule has 3 aromatic carbocycles. The average molecular weight is 436 g/mol. The molecule has 1 aliphatic heterocycles. The van der Waals surface area contributed by atoms with Gasteiger partial charge in [0, 0.05) is 41.2 Å². The Balaban J connectivity index is 1.52. The molecule has 4 aromatic rings. The number of carbonyl (C=O) groups is 1. The summed E-state index contributed by atoms with van der Waals surface area (Å²) in [6.07, 6.45) is 0.432. The van der Waals surface area contributed by atoms with Crippen LogP contribution in [0.25, 0.3) is 11.0 Å². The number of imidazole rings is 1. The monoisotopic (exact) mass is 435 g/mol. The van der Waals surface area contributed by atoms with E-state index in [1.807, 2.05) is 65.6 Å². The molecule has 30 heavy (non-hydrogen) atoms. The van der Waals surface area contributed by atoms with Gasteiger partial charge in [-0.25, -0.2) is 4.98 Å². The molecule has 1 fully saturated rings. The number of fused-ring (bicyclic) bond motifs is 1. The quantitative estimate of drug-likeness (QED) is 0.399. The molecule has 1 atom stereocenters. The van der Waals surface area contributed by atoms with Crippen LogP contribution in [0.4, 0.5) is 5.69 Å². The summed E-state index contributed by atoms with van der Waals surface area (Å²) in [5.41, 5.74) is 3.96. The van der Waals surface area contributed by atoms with E-state index in [9.17, 15) is 4.79 Å². The predicted molar refractivity (Wildman–Crippen MR) is 121 cm³/mol. The normalized spacial score (nSPS) is 16.5. The summed E-state index contributed by atoms with van der Waals surface area (Å²) in [7, 11) is 0. The van der Waals surface area contributed by atoms with E-state index in [1.165, 1.54) is 0 Å². The predicted octanol–water partition coefficient (Wildman–Crippen LogP) is 5.91. The van der Waals surface area contributed by atoms with Gasteiger partial charge >= 0.3 is 0 Å². The van der Waals surface area contributed by atoms with E-state index in [2.05, 4.69) is 16.7 Å². The van der Waals surface area contributed by atoms with Crippen LogP contribution in [0.1, 0.15) is 23.7 Å². The van der Waals surface area contributed by atoms with Crippen molar-refractivity contribution in [3.05, 3.63) is 94.2 Å². The molecule has 6 heteroatoms. The Bertz CT molecular complexity index is 1230. The van der Waals surface area contributed by atoms with E-state index in [0.29, 0.717) is 29.6 Å². The molecule has 1 amide bonds. The zero-order valence-electron chi connectivity index (χ0n) is 16.1. The maximum absolute atomic E-state index is 12.8. The molecule has 1 aromatic heterocycles. The highest BCUT2D eigenvalue weighted by molar-refractivity contribution is 6.30. The smallest absolute Gasteiger partial charge is 0.227 e. The van der Waals surface area contributed by atoms with Crippen LogP contribution >= 0.6 is 23.2 Å². The van der Waals surface area contributed by atoms with Gasteiger partial charge in [-0.3, -0.25) is 4.79 Å². The van der Waals surface area contributed by atoms with Crippen LogP contribution in [0.15, 0.2) is 72.8 Å². The number of rotatable bonds is 4. The van der Waals surface area contributed by atoms with Gasteiger partial charge in [-0.2, -0.15) is 0 Å². The number of halogens is 2.